The van der Waals surface area contributed by atoms with Crippen LogP contribution in [0.15, 0.2) is 114 Å². The molecule has 0 spiro atoms. The summed E-state index contributed by atoms with van der Waals surface area (Å²) in [7, 11) is -1.40. The lowest BCUT2D eigenvalue weighted by molar-refractivity contribution is -0.140. The largest absolute Gasteiger partial charge is 0.497 e. The fourth-order valence-electron chi connectivity index (χ4n) is 5.01. The van der Waals surface area contributed by atoms with Gasteiger partial charge in [0.1, 0.15) is 24.1 Å². The van der Waals surface area contributed by atoms with Crippen molar-refractivity contribution in [2.75, 3.05) is 25.1 Å². The van der Waals surface area contributed by atoms with Gasteiger partial charge in [0.2, 0.25) is 11.8 Å². The van der Waals surface area contributed by atoms with E-state index in [4.69, 9.17) is 9.47 Å². The zero-order chi connectivity index (χ0) is 33.3. The maximum absolute atomic E-state index is 14.6. The van der Waals surface area contributed by atoms with Crippen molar-refractivity contribution in [3.63, 3.8) is 0 Å². The number of carbonyl (C=O) groups excluding carboxylic acids is 2. The van der Waals surface area contributed by atoms with Crippen molar-refractivity contribution < 1.29 is 27.5 Å². The molecule has 4 aromatic rings. The molecule has 1 atom stereocenters. The van der Waals surface area contributed by atoms with Crippen LogP contribution in [-0.2, 0) is 32.6 Å². The Labute approximate surface area is 271 Å². The average molecular weight is 644 g/mol. The molecule has 46 heavy (non-hydrogen) atoms. The summed E-state index contributed by atoms with van der Waals surface area (Å²) >= 11 is 0. The molecule has 4 aromatic carbocycles. The number of nitrogens with one attached hydrogen (secondary N) is 1. The first kappa shape index (κ1) is 34.1. The second-order valence-electron chi connectivity index (χ2n) is 11.8. The molecule has 242 valence electrons. The highest BCUT2D eigenvalue weighted by Crippen LogP contribution is 2.36. The summed E-state index contributed by atoms with van der Waals surface area (Å²) < 4.78 is 40.6. The highest BCUT2D eigenvalue weighted by molar-refractivity contribution is 7.92. The van der Waals surface area contributed by atoms with Crippen LogP contribution < -0.4 is 19.1 Å². The SMILES string of the molecule is COc1ccc(OC)c(N(CC(=O)N(Cc2ccccc2)[C@@H](Cc2ccccc2)C(=O)NC(C)(C)C)S(=O)(=O)c2ccccc2)c1. The molecule has 0 aliphatic carbocycles. The van der Waals surface area contributed by atoms with Crippen LogP contribution in [0.25, 0.3) is 0 Å². The number of anilines is 1. The van der Waals surface area contributed by atoms with E-state index in [1.807, 2.05) is 81.4 Å². The van der Waals surface area contributed by atoms with Gasteiger partial charge in [-0.25, -0.2) is 8.42 Å². The quantitative estimate of drug-likeness (QED) is 0.208. The maximum Gasteiger partial charge on any atom is 0.264 e. The fourth-order valence-corrected chi connectivity index (χ4v) is 6.45. The summed E-state index contributed by atoms with van der Waals surface area (Å²) in [4.78, 5) is 30.1. The van der Waals surface area contributed by atoms with Crippen LogP contribution >= 0.6 is 0 Å². The van der Waals surface area contributed by atoms with Crippen LogP contribution in [0.1, 0.15) is 31.9 Å². The smallest absolute Gasteiger partial charge is 0.264 e. The van der Waals surface area contributed by atoms with Gasteiger partial charge in [0.05, 0.1) is 24.8 Å². The van der Waals surface area contributed by atoms with Crippen molar-refractivity contribution in [1.82, 2.24) is 10.2 Å². The number of nitrogens with zero attached hydrogens (tertiary/aromatic N) is 2. The van der Waals surface area contributed by atoms with Gasteiger partial charge in [-0.3, -0.25) is 13.9 Å². The van der Waals surface area contributed by atoms with Gasteiger partial charge in [-0.2, -0.15) is 0 Å². The van der Waals surface area contributed by atoms with E-state index in [0.717, 1.165) is 15.4 Å². The maximum atomic E-state index is 14.6. The van der Waals surface area contributed by atoms with E-state index in [1.54, 1.807) is 30.3 Å². The van der Waals surface area contributed by atoms with Crippen LogP contribution in [0.5, 0.6) is 11.5 Å². The van der Waals surface area contributed by atoms with E-state index in [9.17, 15) is 18.0 Å². The number of rotatable bonds is 13. The molecule has 0 saturated heterocycles. The van der Waals surface area contributed by atoms with Crippen molar-refractivity contribution in [3.05, 3.63) is 120 Å². The Morgan fingerprint density at radius 2 is 1.35 bits per heavy atom. The van der Waals surface area contributed by atoms with E-state index in [2.05, 4.69) is 5.32 Å². The Kier molecular flexibility index (Phi) is 11.1. The molecule has 4 rings (SSSR count). The lowest BCUT2D eigenvalue weighted by Gasteiger charge is -2.35. The zero-order valence-electron chi connectivity index (χ0n) is 26.8. The summed E-state index contributed by atoms with van der Waals surface area (Å²) in [5.74, 6) is -0.312. The van der Waals surface area contributed by atoms with Gasteiger partial charge in [-0.15, -0.1) is 0 Å². The van der Waals surface area contributed by atoms with Crippen molar-refractivity contribution in [2.45, 2.75) is 50.2 Å². The molecule has 1 N–H and O–H groups in total. The fraction of sp³-hybridized carbons (Fsp3) is 0.278. The van der Waals surface area contributed by atoms with Gasteiger partial charge < -0.3 is 19.7 Å². The van der Waals surface area contributed by atoms with Crippen LogP contribution in [0.4, 0.5) is 5.69 Å². The number of hydrogen-bond acceptors (Lipinski definition) is 6. The molecule has 0 bridgehead atoms. The second-order valence-corrected chi connectivity index (χ2v) is 13.7. The Balaban J connectivity index is 1.86. The number of benzene rings is 4. The molecule has 10 heteroatoms. The van der Waals surface area contributed by atoms with Crippen LogP contribution in [0.3, 0.4) is 0 Å². The van der Waals surface area contributed by atoms with Gasteiger partial charge in [0, 0.05) is 24.6 Å². The predicted octanol–water partition coefficient (Wildman–Crippen LogP) is 5.45. The van der Waals surface area contributed by atoms with E-state index >= 15 is 0 Å². The van der Waals surface area contributed by atoms with Gasteiger partial charge in [-0.1, -0.05) is 78.9 Å². The minimum Gasteiger partial charge on any atom is -0.497 e. The van der Waals surface area contributed by atoms with Gasteiger partial charge >= 0.3 is 0 Å². The molecule has 0 aliphatic rings. The van der Waals surface area contributed by atoms with Gasteiger partial charge in [-0.05, 0) is 56.2 Å². The first-order valence-electron chi connectivity index (χ1n) is 14.9. The first-order valence-corrected chi connectivity index (χ1v) is 16.4. The van der Waals surface area contributed by atoms with Crippen molar-refractivity contribution >= 4 is 27.5 Å². The summed E-state index contributed by atoms with van der Waals surface area (Å²) in [6, 6.07) is 30.4. The molecule has 0 heterocycles. The zero-order valence-corrected chi connectivity index (χ0v) is 27.7. The molecule has 0 aromatic heterocycles. The first-order chi connectivity index (χ1) is 21.9. The van der Waals surface area contributed by atoms with Crippen LogP contribution in [-0.4, -0.2) is 57.5 Å². The Morgan fingerprint density at radius 1 is 0.783 bits per heavy atom. The summed E-state index contributed by atoms with van der Waals surface area (Å²) in [6.07, 6.45) is 0.218. The summed E-state index contributed by atoms with van der Waals surface area (Å²) in [5.41, 5.74) is 1.18. The third kappa shape index (κ3) is 8.66. The minimum absolute atomic E-state index is 0.00593. The third-order valence-electron chi connectivity index (χ3n) is 7.23. The summed E-state index contributed by atoms with van der Waals surface area (Å²) in [5, 5.41) is 3.03. The van der Waals surface area contributed by atoms with E-state index in [1.165, 1.54) is 37.3 Å². The lowest BCUT2D eigenvalue weighted by Crippen LogP contribution is -2.56. The third-order valence-corrected chi connectivity index (χ3v) is 9.00. The highest BCUT2D eigenvalue weighted by Gasteiger charge is 2.36. The van der Waals surface area contributed by atoms with E-state index < -0.39 is 34.1 Å². The molecule has 9 nitrogen and oxygen atoms in total. The highest BCUT2D eigenvalue weighted by atomic mass is 32.2. The minimum atomic E-state index is -4.30. The molecule has 0 fully saturated rings. The Morgan fingerprint density at radius 3 is 1.89 bits per heavy atom. The number of sulfonamides is 1. The molecular weight excluding hydrogens is 602 g/mol. The molecular formula is C36H41N3O6S. The summed E-state index contributed by atoms with van der Waals surface area (Å²) in [6.45, 7) is 5.08. The number of hydrogen-bond donors (Lipinski definition) is 1. The van der Waals surface area contributed by atoms with Gasteiger partial charge in [0.15, 0.2) is 0 Å². The normalized spacial score (nSPS) is 12.1. The van der Waals surface area contributed by atoms with Crippen molar-refractivity contribution in [1.29, 1.82) is 0 Å². The second kappa shape index (κ2) is 15.0. The Hall–Kier alpha value is -4.83. The molecule has 0 radical (unpaired) electrons. The van der Waals surface area contributed by atoms with E-state index in [-0.39, 0.29) is 35.2 Å². The molecule has 0 saturated carbocycles. The standard InChI is InChI=1S/C36H41N3O6S/c1-36(2,3)37-35(41)32(23-27-15-9-6-10-16-27)38(25-28-17-11-7-12-18-28)34(40)26-39(46(42,43)30-19-13-8-14-20-30)31-24-29(44-4)21-22-33(31)45-5/h6-22,24,32H,23,25-26H2,1-5H3,(H,37,41)/t32-/m0/s1. The topological polar surface area (TPSA) is 105 Å². The molecule has 0 unspecified atom stereocenters. The molecule has 0 aliphatic heterocycles. The van der Waals surface area contributed by atoms with Crippen molar-refractivity contribution in [2.24, 2.45) is 0 Å². The number of methoxy groups -OCH3 is 2. The number of amides is 2. The van der Waals surface area contributed by atoms with E-state index in [0.29, 0.717) is 5.75 Å². The predicted molar refractivity (Wildman–Crippen MR) is 179 cm³/mol. The lowest BCUT2D eigenvalue weighted by atomic mass is 10.0. The molecule has 2 amide bonds. The van der Waals surface area contributed by atoms with Crippen LogP contribution in [0, 0.1) is 0 Å². The van der Waals surface area contributed by atoms with Crippen LogP contribution in [0.2, 0.25) is 0 Å². The number of ether oxygens (including phenoxy) is 2. The van der Waals surface area contributed by atoms with Crippen molar-refractivity contribution in [3.8, 4) is 11.5 Å². The monoisotopic (exact) mass is 643 g/mol. The average Bonchev–Trinajstić information content (AvgIpc) is 3.05. The Bertz CT molecular complexity index is 1710. The van der Waals surface area contributed by atoms with Gasteiger partial charge in [0.25, 0.3) is 10.0 Å². The number of carbonyl (C=O) groups is 2.